The van der Waals surface area contributed by atoms with E-state index < -0.39 is 0 Å². The summed E-state index contributed by atoms with van der Waals surface area (Å²) < 4.78 is 17.1. The summed E-state index contributed by atoms with van der Waals surface area (Å²) >= 11 is 4.69. The maximum atomic E-state index is 12.0. The Kier molecular flexibility index (Phi) is 6.94. The van der Waals surface area contributed by atoms with E-state index in [-0.39, 0.29) is 5.91 Å². The molecule has 1 heterocycles. The lowest BCUT2D eigenvalue weighted by atomic mass is 10.2. The van der Waals surface area contributed by atoms with E-state index in [1.165, 1.54) is 11.8 Å². The summed E-state index contributed by atoms with van der Waals surface area (Å²) in [5.41, 5.74) is 1.48. The van der Waals surface area contributed by atoms with Crippen LogP contribution in [-0.4, -0.2) is 36.1 Å². The molecule has 1 amide bonds. The Morgan fingerprint density at radius 1 is 1.11 bits per heavy atom. The van der Waals surface area contributed by atoms with E-state index >= 15 is 0 Å². The molecule has 0 unspecified atom stereocenters. The molecule has 7 nitrogen and oxygen atoms in total. The second kappa shape index (κ2) is 9.61. The number of thioether (sulfide) groups is 1. The average molecular weight is 464 g/mol. The average Bonchev–Trinajstić information content (AvgIpc) is 3.18. The number of anilines is 1. The first-order valence-electron chi connectivity index (χ1n) is 8.33. The number of ether oxygens (including phenoxy) is 2. The second-order valence-corrected chi connectivity index (χ2v) is 7.56. The normalized spacial score (nSPS) is 10.5. The topological polar surface area (TPSA) is 86.5 Å². The highest BCUT2D eigenvalue weighted by molar-refractivity contribution is 9.10. The molecule has 3 aromatic rings. The molecule has 0 saturated carbocycles. The zero-order valence-electron chi connectivity index (χ0n) is 15.3. The van der Waals surface area contributed by atoms with Crippen molar-refractivity contribution in [1.29, 1.82) is 0 Å². The van der Waals surface area contributed by atoms with Crippen LogP contribution < -0.4 is 14.8 Å². The van der Waals surface area contributed by atoms with Gasteiger partial charge in [0.25, 0.3) is 5.22 Å². The summed E-state index contributed by atoms with van der Waals surface area (Å²) in [6.45, 7) is 0. The van der Waals surface area contributed by atoms with Gasteiger partial charge in [0.15, 0.2) is 11.5 Å². The monoisotopic (exact) mass is 463 g/mol. The summed E-state index contributed by atoms with van der Waals surface area (Å²) in [6.07, 6.45) is 0.328. The Hall–Kier alpha value is -2.52. The molecule has 0 saturated heterocycles. The summed E-state index contributed by atoms with van der Waals surface area (Å²) in [4.78, 5) is 12.0. The number of carbonyl (C=O) groups excluding carboxylic acids is 1. The molecule has 0 aliphatic heterocycles. The molecule has 0 radical (unpaired) electrons. The van der Waals surface area contributed by atoms with Crippen molar-refractivity contribution in [3.8, 4) is 23.0 Å². The van der Waals surface area contributed by atoms with E-state index in [9.17, 15) is 4.79 Å². The van der Waals surface area contributed by atoms with Gasteiger partial charge in [-0.1, -0.05) is 27.7 Å². The van der Waals surface area contributed by atoms with Gasteiger partial charge in [-0.25, -0.2) is 0 Å². The van der Waals surface area contributed by atoms with Crippen LogP contribution in [0, 0.1) is 0 Å². The van der Waals surface area contributed by atoms with Gasteiger partial charge in [-0.3, -0.25) is 4.79 Å². The number of nitrogens with zero attached hydrogens (tertiary/aromatic N) is 2. The quantitative estimate of drug-likeness (QED) is 0.486. The lowest BCUT2D eigenvalue weighted by Crippen LogP contribution is -2.11. The number of carbonyl (C=O) groups is 1. The van der Waals surface area contributed by atoms with Crippen LogP contribution in [0.5, 0.6) is 11.5 Å². The molecular weight excluding hydrogens is 446 g/mol. The van der Waals surface area contributed by atoms with Gasteiger partial charge in [-0.05, 0) is 42.5 Å². The van der Waals surface area contributed by atoms with Crippen molar-refractivity contribution in [3.63, 3.8) is 0 Å². The van der Waals surface area contributed by atoms with Crippen LogP contribution in [0.4, 0.5) is 5.69 Å². The van der Waals surface area contributed by atoms with Gasteiger partial charge in [-0.2, -0.15) is 0 Å². The van der Waals surface area contributed by atoms with Crippen molar-refractivity contribution in [2.24, 2.45) is 0 Å². The molecule has 0 spiro atoms. The van der Waals surface area contributed by atoms with Gasteiger partial charge >= 0.3 is 0 Å². The Bertz CT molecular complexity index is 947. The number of methoxy groups -OCH3 is 2. The molecular formula is C19H18BrN3O4S. The van der Waals surface area contributed by atoms with E-state index in [1.807, 2.05) is 30.3 Å². The zero-order chi connectivity index (χ0) is 19.9. The number of rotatable bonds is 8. The minimum absolute atomic E-state index is 0.0746. The molecule has 1 aromatic heterocycles. The second-order valence-electron chi connectivity index (χ2n) is 5.60. The molecule has 0 bridgehead atoms. The molecule has 0 aliphatic rings. The molecule has 2 aromatic carbocycles. The Morgan fingerprint density at radius 2 is 1.86 bits per heavy atom. The lowest BCUT2D eigenvalue weighted by molar-refractivity contribution is -0.115. The van der Waals surface area contributed by atoms with Crippen molar-refractivity contribution >= 4 is 39.3 Å². The third kappa shape index (κ3) is 5.26. The summed E-state index contributed by atoms with van der Waals surface area (Å²) in [5, 5.41) is 11.3. The van der Waals surface area contributed by atoms with Gasteiger partial charge in [-0.15, -0.1) is 10.2 Å². The van der Waals surface area contributed by atoms with E-state index in [1.54, 1.807) is 26.4 Å². The Balaban J connectivity index is 1.53. The predicted molar refractivity (Wildman–Crippen MR) is 111 cm³/mol. The minimum atomic E-state index is -0.0746. The summed E-state index contributed by atoms with van der Waals surface area (Å²) in [5.74, 6) is 2.03. The minimum Gasteiger partial charge on any atom is -0.493 e. The number of hydrogen-bond acceptors (Lipinski definition) is 7. The van der Waals surface area contributed by atoms with Crippen LogP contribution in [-0.2, 0) is 4.79 Å². The maximum absolute atomic E-state index is 12.0. The fourth-order valence-electron chi connectivity index (χ4n) is 2.34. The Labute approximate surface area is 175 Å². The summed E-state index contributed by atoms with van der Waals surface area (Å²) in [7, 11) is 3.14. The standard InChI is InChI=1S/C19H18BrN3O4S/c1-25-15-8-3-12(11-16(15)26-2)18-22-23-19(27-18)28-10-9-17(24)21-14-6-4-13(20)5-7-14/h3-8,11H,9-10H2,1-2H3,(H,21,24). The number of hydrogen-bond donors (Lipinski definition) is 1. The maximum Gasteiger partial charge on any atom is 0.276 e. The number of amides is 1. The highest BCUT2D eigenvalue weighted by Gasteiger charge is 2.13. The van der Waals surface area contributed by atoms with Gasteiger partial charge in [0.05, 0.1) is 14.2 Å². The molecule has 146 valence electrons. The fraction of sp³-hybridized carbons (Fsp3) is 0.211. The number of nitrogens with one attached hydrogen (secondary N) is 1. The first-order valence-corrected chi connectivity index (χ1v) is 10.1. The highest BCUT2D eigenvalue weighted by Crippen LogP contribution is 2.32. The molecule has 9 heteroatoms. The molecule has 0 atom stereocenters. The largest absolute Gasteiger partial charge is 0.493 e. The molecule has 28 heavy (non-hydrogen) atoms. The fourth-order valence-corrected chi connectivity index (χ4v) is 3.30. The van der Waals surface area contributed by atoms with Crippen LogP contribution in [0.2, 0.25) is 0 Å². The zero-order valence-corrected chi connectivity index (χ0v) is 17.7. The SMILES string of the molecule is COc1ccc(-c2nnc(SCCC(=O)Nc3ccc(Br)cc3)o2)cc1OC. The van der Waals surface area contributed by atoms with Crippen LogP contribution in [0.3, 0.4) is 0 Å². The number of benzene rings is 2. The molecule has 1 N–H and O–H groups in total. The third-order valence-corrected chi connectivity index (χ3v) is 5.07. The van der Waals surface area contributed by atoms with Crippen LogP contribution in [0.1, 0.15) is 6.42 Å². The van der Waals surface area contributed by atoms with Crippen LogP contribution in [0.25, 0.3) is 11.5 Å². The predicted octanol–water partition coefficient (Wildman–Crippen LogP) is 4.64. The first-order chi connectivity index (χ1) is 13.6. The van der Waals surface area contributed by atoms with E-state index in [2.05, 4.69) is 31.4 Å². The van der Waals surface area contributed by atoms with E-state index in [0.717, 1.165) is 15.7 Å². The van der Waals surface area contributed by atoms with Crippen molar-refractivity contribution in [2.45, 2.75) is 11.6 Å². The first kappa shape index (κ1) is 20.2. The van der Waals surface area contributed by atoms with Crippen LogP contribution in [0.15, 0.2) is 56.6 Å². The van der Waals surface area contributed by atoms with Gasteiger partial charge in [0, 0.05) is 27.9 Å². The van der Waals surface area contributed by atoms with Crippen molar-refractivity contribution in [2.75, 3.05) is 25.3 Å². The Morgan fingerprint density at radius 3 is 2.57 bits per heavy atom. The summed E-state index contributed by atoms with van der Waals surface area (Å²) in [6, 6.07) is 12.8. The number of aromatic nitrogens is 2. The van der Waals surface area contributed by atoms with Gasteiger partial charge < -0.3 is 19.2 Å². The van der Waals surface area contributed by atoms with Gasteiger partial charge in [0.2, 0.25) is 11.8 Å². The highest BCUT2D eigenvalue weighted by atomic mass is 79.9. The van der Waals surface area contributed by atoms with E-state index in [0.29, 0.717) is 34.8 Å². The van der Waals surface area contributed by atoms with E-state index in [4.69, 9.17) is 13.9 Å². The van der Waals surface area contributed by atoms with Gasteiger partial charge in [0.1, 0.15) is 0 Å². The smallest absolute Gasteiger partial charge is 0.276 e. The van der Waals surface area contributed by atoms with Crippen molar-refractivity contribution in [3.05, 3.63) is 46.9 Å². The van der Waals surface area contributed by atoms with Crippen molar-refractivity contribution < 1.29 is 18.7 Å². The molecule has 3 rings (SSSR count). The molecule has 0 aliphatic carbocycles. The third-order valence-electron chi connectivity index (χ3n) is 3.72. The van der Waals surface area contributed by atoms with Crippen molar-refractivity contribution in [1.82, 2.24) is 10.2 Å². The molecule has 0 fully saturated rings. The lowest BCUT2D eigenvalue weighted by Gasteiger charge is -2.07. The van der Waals surface area contributed by atoms with Crippen LogP contribution >= 0.6 is 27.7 Å². The number of halogens is 1.